The van der Waals surface area contributed by atoms with E-state index in [1.54, 1.807) is 16.7 Å². The Kier molecular flexibility index (Phi) is 3.71. The van der Waals surface area contributed by atoms with Crippen molar-refractivity contribution in [2.24, 2.45) is 0 Å². The van der Waals surface area contributed by atoms with Crippen molar-refractivity contribution in [3.8, 4) is 0 Å². The molecule has 0 saturated carbocycles. The van der Waals surface area contributed by atoms with Crippen molar-refractivity contribution in [2.45, 2.75) is 50.4 Å². The molecule has 0 spiro atoms. The van der Waals surface area contributed by atoms with Gasteiger partial charge in [0.05, 0.1) is 0 Å². The van der Waals surface area contributed by atoms with E-state index in [4.69, 9.17) is 0 Å². The Balaban J connectivity index is 1.55. The second-order valence-corrected chi connectivity index (χ2v) is 5.98. The molecule has 2 aliphatic heterocycles. The molecule has 3 rings (SSSR count). The largest absolute Gasteiger partial charge is 0.314 e. The summed E-state index contributed by atoms with van der Waals surface area (Å²) in [6.45, 7) is 1.74. The molecule has 2 saturated heterocycles. The highest BCUT2D eigenvalue weighted by atomic mass is 16.1. The Bertz CT molecular complexity index is 472. The molecule has 104 valence electrons. The van der Waals surface area contributed by atoms with Crippen molar-refractivity contribution in [1.29, 1.82) is 0 Å². The van der Waals surface area contributed by atoms with Crippen molar-refractivity contribution in [3.63, 3.8) is 0 Å². The lowest BCUT2D eigenvalue weighted by Gasteiger charge is -2.35. The Hall–Kier alpha value is -1.13. The highest BCUT2D eigenvalue weighted by Crippen LogP contribution is 2.29. The first-order valence-corrected chi connectivity index (χ1v) is 7.34. The Morgan fingerprint density at radius 2 is 2.05 bits per heavy atom. The molecule has 19 heavy (non-hydrogen) atoms. The molecule has 3 heterocycles. The van der Waals surface area contributed by atoms with Gasteiger partial charge < -0.3 is 14.8 Å². The van der Waals surface area contributed by atoms with E-state index in [-0.39, 0.29) is 5.56 Å². The molecule has 0 radical (unpaired) electrons. The van der Waals surface area contributed by atoms with E-state index in [1.807, 2.05) is 12.3 Å². The number of rotatable bonds is 4. The van der Waals surface area contributed by atoms with E-state index in [9.17, 15) is 4.79 Å². The van der Waals surface area contributed by atoms with E-state index in [1.165, 1.54) is 25.7 Å². The lowest BCUT2D eigenvalue weighted by Crippen LogP contribution is -2.47. The van der Waals surface area contributed by atoms with E-state index in [0.29, 0.717) is 6.04 Å². The second-order valence-electron chi connectivity index (χ2n) is 5.98. The molecule has 2 atom stereocenters. The zero-order valence-corrected chi connectivity index (χ0v) is 11.6. The minimum atomic E-state index is 0.0984. The Labute approximate surface area is 114 Å². The van der Waals surface area contributed by atoms with Gasteiger partial charge >= 0.3 is 0 Å². The van der Waals surface area contributed by atoms with E-state index < -0.39 is 0 Å². The van der Waals surface area contributed by atoms with Gasteiger partial charge in [0, 0.05) is 43.5 Å². The molecular weight excluding hydrogens is 238 g/mol. The standard InChI is InChI=1S/C15H23N3O/c1-17(8-9-18-7-3-2-4-15(18)19)14-10-12-5-6-13(11-14)16-12/h2-4,7,12-14,16H,5-6,8-11H2,1H3. The van der Waals surface area contributed by atoms with Crippen molar-refractivity contribution in [2.75, 3.05) is 13.6 Å². The first-order valence-electron chi connectivity index (χ1n) is 7.34. The molecule has 2 unspecified atom stereocenters. The third-order valence-corrected chi connectivity index (χ3v) is 4.66. The number of fused-ring (bicyclic) bond motifs is 2. The molecule has 2 fully saturated rings. The summed E-state index contributed by atoms with van der Waals surface area (Å²) in [5.74, 6) is 0. The van der Waals surface area contributed by atoms with Gasteiger partial charge in [-0.1, -0.05) is 6.07 Å². The predicted molar refractivity (Wildman–Crippen MR) is 76.3 cm³/mol. The van der Waals surface area contributed by atoms with Gasteiger partial charge in [0.25, 0.3) is 5.56 Å². The number of hydrogen-bond acceptors (Lipinski definition) is 3. The van der Waals surface area contributed by atoms with Crippen LogP contribution in [0.25, 0.3) is 0 Å². The second kappa shape index (κ2) is 5.47. The van der Waals surface area contributed by atoms with Crippen LogP contribution in [0.15, 0.2) is 29.2 Å². The van der Waals surface area contributed by atoms with Crippen molar-refractivity contribution in [3.05, 3.63) is 34.7 Å². The van der Waals surface area contributed by atoms with E-state index in [2.05, 4.69) is 17.3 Å². The lowest BCUT2D eigenvalue weighted by molar-refractivity contribution is 0.167. The molecule has 0 aromatic carbocycles. The SMILES string of the molecule is CN(CCn1ccccc1=O)C1CC2CCC(C1)N2. The summed E-state index contributed by atoms with van der Waals surface area (Å²) in [5, 5.41) is 3.68. The number of hydrogen-bond donors (Lipinski definition) is 1. The maximum Gasteiger partial charge on any atom is 0.250 e. The van der Waals surface area contributed by atoms with Gasteiger partial charge in [-0.15, -0.1) is 0 Å². The zero-order valence-electron chi connectivity index (χ0n) is 11.6. The molecule has 1 N–H and O–H groups in total. The van der Waals surface area contributed by atoms with Gasteiger partial charge in [-0.2, -0.15) is 0 Å². The minimum absolute atomic E-state index is 0.0984. The summed E-state index contributed by atoms with van der Waals surface area (Å²) < 4.78 is 1.80. The Morgan fingerprint density at radius 3 is 2.74 bits per heavy atom. The predicted octanol–water partition coefficient (Wildman–Crippen LogP) is 1.06. The fourth-order valence-corrected chi connectivity index (χ4v) is 3.48. The van der Waals surface area contributed by atoms with Crippen LogP contribution in [0.2, 0.25) is 0 Å². The zero-order chi connectivity index (χ0) is 13.2. The fourth-order valence-electron chi connectivity index (χ4n) is 3.48. The number of aromatic nitrogens is 1. The number of piperidine rings is 1. The van der Waals surface area contributed by atoms with Gasteiger partial charge in [0.2, 0.25) is 0 Å². The van der Waals surface area contributed by atoms with Crippen LogP contribution in [0.4, 0.5) is 0 Å². The van der Waals surface area contributed by atoms with Crippen LogP contribution in [-0.2, 0) is 6.54 Å². The maximum absolute atomic E-state index is 11.7. The first-order chi connectivity index (χ1) is 9.22. The number of likely N-dealkylation sites (N-methyl/N-ethyl adjacent to an activating group) is 1. The number of pyridine rings is 1. The van der Waals surface area contributed by atoms with Crippen LogP contribution in [0.3, 0.4) is 0 Å². The van der Waals surface area contributed by atoms with Crippen LogP contribution < -0.4 is 10.9 Å². The summed E-state index contributed by atoms with van der Waals surface area (Å²) in [4.78, 5) is 14.1. The maximum atomic E-state index is 11.7. The van der Waals surface area contributed by atoms with Gasteiger partial charge in [0.1, 0.15) is 0 Å². The topological polar surface area (TPSA) is 37.3 Å². The van der Waals surface area contributed by atoms with Crippen molar-refractivity contribution in [1.82, 2.24) is 14.8 Å². The van der Waals surface area contributed by atoms with Gasteiger partial charge in [-0.3, -0.25) is 4.79 Å². The van der Waals surface area contributed by atoms with Crippen molar-refractivity contribution >= 4 is 0 Å². The number of nitrogens with one attached hydrogen (secondary N) is 1. The van der Waals surface area contributed by atoms with Crippen LogP contribution >= 0.6 is 0 Å². The summed E-state index contributed by atoms with van der Waals surface area (Å²) in [5.41, 5.74) is 0.0984. The first kappa shape index (κ1) is 12.9. The minimum Gasteiger partial charge on any atom is -0.314 e. The highest BCUT2D eigenvalue weighted by molar-refractivity contribution is 4.96. The summed E-state index contributed by atoms with van der Waals surface area (Å²) >= 11 is 0. The molecule has 0 aliphatic carbocycles. The third-order valence-electron chi connectivity index (χ3n) is 4.66. The molecular formula is C15H23N3O. The summed E-state index contributed by atoms with van der Waals surface area (Å²) in [7, 11) is 2.20. The quantitative estimate of drug-likeness (QED) is 0.881. The third kappa shape index (κ3) is 2.90. The van der Waals surface area contributed by atoms with Crippen LogP contribution in [0.5, 0.6) is 0 Å². The average Bonchev–Trinajstić information content (AvgIpc) is 2.76. The smallest absolute Gasteiger partial charge is 0.250 e. The highest BCUT2D eigenvalue weighted by Gasteiger charge is 2.34. The molecule has 2 bridgehead atoms. The normalized spacial score (nSPS) is 29.9. The molecule has 1 aromatic heterocycles. The monoisotopic (exact) mass is 261 g/mol. The fraction of sp³-hybridized carbons (Fsp3) is 0.667. The molecule has 1 aromatic rings. The van der Waals surface area contributed by atoms with Crippen molar-refractivity contribution < 1.29 is 0 Å². The van der Waals surface area contributed by atoms with Gasteiger partial charge in [-0.25, -0.2) is 0 Å². The van der Waals surface area contributed by atoms with E-state index in [0.717, 1.165) is 25.2 Å². The Morgan fingerprint density at radius 1 is 1.32 bits per heavy atom. The van der Waals surface area contributed by atoms with Crippen LogP contribution in [-0.4, -0.2) is 41.2 Å². The molecule has 0 amide bonds. The van der Waals surface area contributed by atoms with Crippen LogP contribution in [0.1, 0.15) is 25.7 Å². The number of nitrogens with zero attached hydrogens (tertiary/aromatic N) is 2. The lowest BCUT2D eigenvalue weighted by atomic mass is 9.98. The molecule has 4 nitrogen and oxygen atoms in total. The average molecular weight is 261 g/mol. The molecule has 2 aliphatic rings. The van der Waals surface area contributed by atoms with Crippen LogP contribution in [0, 0.1) is 0 Å². The summed E-state index contributed by atoms with van der Waals surface area (Å²) in [6.07, 6.45) is 7.08. The van der Waals surface area contributed by atoms with Gasteiger partial charge in [0.15, 0.2) is 0 Å². The van der Waals surface area contributed by atoms with Gasteiger partial charge in [-0.05, 0) is 38.8 Å². The van der Waals surface area contributed by atoms with E-state index >= 15 is 0 Å². The molecule has 4 heteroatoms. The summed E-state index contributed by atoms with van der Waals surface area (Å²) in [6, 6.07) is 7.48.